The molecule has 96 valence electrons. The van der Waals surface area contributed by atoms with Crippen LogP contribution in [0.25, 0.3) is 0 Å². The predicted octanol–water partition coefficient (Wildman–Crippen LogP) is 2.05. The molecule has 1 saturated heterocycles. The molecule has 0 amide bonds. The zero-order valence-electron chi connectivity index (χ0n) is 10.6. The van der Waals surface area contributed by atoms with Crippen molar-refractivity contribution in [1.82, 2.24) is 4.90 Å². The number of benzene rings is 1. The van der Waals surface area contributed by atoms with Gasteiger partial charge in [-0.15, -0.1) is 0 Å². The lowest BCUT2D eigenvalue weighted by Crippen LogP contribution is -2.43. The smallest absolute Gasteiger partial charge is 0.317 e. The van der Waals surface area contributed by atoms with Crippen molar-refractivity contribution in [3.8, 4) is 0 Å². The molecule has 1 N–H and O–H groups in total. The van der Waals surface area contributed by atoms with E-state index in [4.69, 9.17) is 5.11 Å². The summed E-state index contributed by atoms with van der Waals surface area (Å²) in [4.78, 5) is 12.8. The molecule has 1 aliphatic heterocycles. The van der Waals surface area contributed by atoms with Gasteiger partial charge in [-0.1, -0.05) is 24.3 Å². The minimum atomic E-state index is -0.710. The third-order valence-corrected chi connectivity index (χ3v) is 4.63. The summed E-state index contributed by atoms with van der Waals surface area (Å²) in [5.74, 6) is -0.710. The monoisotopic (exact) mass is 245 g/mol. The minimum absolute atomic E-state index is 0.192. The van der Waals surface area contributed by atoms with Crippen molar-refractivity contribution in [1.29, 1.82) is 0 Å². The Morgan fingerprint density at radius 3 is 2.67 bits per heavy atom. The van der Waals surface area contributed by atoms with Gasteiger partial charge < -0.3 is 5.11 Å². The Morgan fingerprint density at radius 2 is 1.94 bits per heavy atom. The van der Waals surface area contributed by atoms with Gasteiger partial charge in [0.1, 0.15) is 0 Å². The van der Waals surface area contributed by atoms with Crippen molar-refractivity contribution in [3.05, 3.63) is 35.4 Å². The highest BCUT2D eigenvalue weighted by Crippen LogP contribution is 2.45. The highest BCUT2D eigenvalue weighted by atomic mass is 16.4. The minimum Gasteiger partial charge on any atom is -0.480 e. The standard InChI is InChI=1S/C15H19NO2/c17-14(18)11-16-9-7-15(8-10-16)6-5-12-3-1-2-4-13(12)15/h1-4H,5-11H2,(H,17,18). The van der Waals surface area contributed by atoms with Gasteiger partial charge >= 0.3 is 5.97 Å². The van der Waals surface area contributed by atoms with E-state index >= 15 is 0 Å². The average Bonchev–Trinajstić information content (AvgIpc) is 2.72. The lowest BCUT2D eigenvalue weighted by atomic mass is 9.74. The Morgan fingerprint density at radius 1 is 1.22 bits per heavy atom. The number of nitrogens with zero attached hydrogens (tertiary/aromatic N) is 1. The fourth-order valence-electron chi connectivity index (χ4n) is 3.61. The number of piperidine rings is 1. The van der Waals surface area contributed by atoms with Crippen molar-refractivity contribution >= 4 is 5.97 Å². The van der Waals surface area contributed by atoms with Crippen molar-refractivity contribution in [2.24, 2.45) is 0 Å². The van der Waals surface area contributed by atoms with E-state index in [2.05, 4.69) is 29.2 Å². The first-order valence-corrected chi connectivity index (χ1v) is 6.72. The van der Waals surface area contributed by atoms with E-state index in [0.29, 0.717) is 5.41 Å². The number of aryl methyl sites for hydroxylation is 1. The van der Waals surface area contributed by atoms with E-state index < -0.39 is 5.97 Å². The molecule has 2 aliphatic rings. The number of hydrogen-bond donors (Lipinski definition) is 1. The molecule has 0 atom stereocenters. The molecule has 18 heavy (non-hydrogen) atoms. The maximum atomic E-state index is 10.7. The van der Waals surface area contributed by atoms with Gasteiger partial charge in [0.2, 0.25) is 0 Å². The van der Waals surface area contributed by atoms with Crippen molar-refractivity contribution in [2.45, 2.75) is 31.1 Å². The van der Waals surface area contributed by atoms with E-state index in [1.165, 1.54) is 24.0 Å². The first-order valence-electron chi connectivity index (χ1n) is 6.72. The van der Waals surface area contributed by atoms with Crippen LogP contribution in [0.1, 0.15) is 30.4 Å². The van der Waals surface area contributed by atoms with Gasteiger partial charge in [0.25, 0.3) is 0 Å². The fourth-order valence-corrected chi connectivity index (χ4v) is 3.61. The molecule has 3 nitrogen and oxygen atoms in total. The Balaban J connectivity index is 1.75. The molecule has 0 unspecified atom stereocenters. The van der Waals surface area contributed by atoms with Crippen LogP contribution in [0.4, 0.5) is 0 Å². The molecule has 3 heteroatoms. The predicted molar refractivity (Wildman–Crippen MR) is 69.8 cm³/mol. The van der Waals surface area contributed by atoms with Gasteiger partial charge in [-0.3, -0.25) is 9.69 Å². The van der Waals surface area contributed by atoms with Gasteiger partial charge in [-0.05, 0) is 55.3 Å². The first-order chi connectivity index (χ1) is 8.70. The zero-order chi connectivity index (χ0) is 12.6. The molecule has 1 fully saturated rings. The molecule has 1 aromatic carbocycles. The van der Waals surface area contributed by atoms with Gasteiger partial charge in [0.05, 0.1) is 6.54 Å². The van der Waals surface area contributed by atoms with E-state index in [0.717, 1.165) is 25.9 Å². The fraction of sp³-hybridized carbons (Fsp3) is 0.533. The normalized spacial score (nSPS) is 22.0. The topological polar surface area (TPSA) is 40.5 Å². The number of carboxylic acid groups (broad SMARTS) is 1. The first kappa shape index (κ1) is 11.7. The summed E-state index contributed by atoms with van der Waals surface area (Å²) in [6.45, 7) is 2.03. The Hall–Kier alpha value is -1.35. The van der Waals surface area contributed by atoms with Crippen LogP contribution in [-0.4, -0.2) is 35.6 Å². The molecule has 3 rings (SSSR count). The van der Waals surface area contributed by atoms with E-state index in [1.807, 2.05) is 0 Å². The summed E-state index contributed by atoms with van der Waals surface area (Å²) in [6, 6.07) is 8.77. The number of fused-ring (bicyclic) bond motifs is 2. The van der Waals surface area contributed by atoms with Crippen molar-refractivity contribution in [3.63, 3.8) is 0 Å². The average molecular weight is 245 g/mol. The Kier molecular flexibility index (Phi) is 2.86. The molecule has 0 saturated carbocycles. The highest BCUT2D eigenvalue weighted by Gasteiger charge is 2.40. The van der Waals surface area contributed by atoms with Gasteiger partial charge in [-0.2, -0.15) is 0 Å². The SMILES string of the molecule is O=C(O)CN1CCC2(CCc3ccccc32)CC1. The summed E-state index contributed by atoms with van der Waals surface area (Å²) in [7, 11) is 0. The van der Waals surface area contributed by atoms with Crippen LogP contribution in [0, 0.1) is 0 Å². The second-order valence-corrected chi connectivity index (χ2v) is 5.61. The van der Waals surface area contributed by atoms with E-state index in [1.54, 1.807) is 0 Å². The quantitative estimate of drug-likeness (QED) is 0.867. The highest BCUT2D eigenvalue weighted by molar-refractivity contribution is 5.69. The zero-order valence-corrected chi connectivity index (χ0v) is 10.6. The van der Waals surface area contributed by atoms with Crippen molar-refractivity contribution in [2.75, 3.05) is 19.6 Å². The lowest BCUT2D eigenvalue weighted by molar-refractivity contribution is -0.138. The third kappa shape index (κ3) is 1.93. The van der Waals surface area contributed by atoms with Crippen LogP contribution >= 0.6 is 0 Å². The van der Waals surface area contributed by atoms with Crippen LogP contribution < -0.4 is 0 Å². The molecule has 1 aliphatic carbocycles. The van der Waals surface area contributed by atoms with Crippen LogP contribution in [0.2, 0.25) is 0 Å². The van der Waals surface area contributed by atoms with E-state index in [-0.39, 0.29) is 6.54 Å². The molecule has 1 spiro atoms. The Bertz CT molecular complexity index is 461. The maximum Gasteiger partial charge on any atom is 0.317 e. The summed E-state index contributed by atoms with van der Waals surface area (Å²) >= 11 is 0. The number of carbonyl (C=O) groups is 1. The molecular weight excluding hydrogens is 226 g/mol. The Labute approximate surface area is 107 Å². The van der Waals surface area contributed by atoms with E-state index in [9.17, 15) is 4.79 Å². The summed E-state index contributed by atoms with van der Waals surface area (Å²) < 4.78 is 0. The summed E-state index contributed by atoms with van der Waals surface area (Å²) in [6.07, 6.45) is 4.65. The molecule has 0 radical (unpaired) electrons. The van der Waals surface area contributed by atoms with Gasteiger partial charge in [-0.25, -0.2) is 0 Å². The molecule has 1 heterocycles. The number of rotatable bonds is 2. The molecule has 0 aromatic heterocycles. The van der Waals surface area contributed by atoms with Crippen LogP contribution in [-0.2, 0) is 16.6 Å². The summed E-state index contributed by atoms with van der Waals surface area (Å²) in [5.41, 5.74) is 3.37. The number of carboxylic acids is 1. The number of aliphatic carboxylic acids is 1. The maximum absolute atomic E-state index is 10.7. The molecular formula is C15H19NO2. The number of hydrogen-bond acceptors (Lipinski definition) is 2. The lowest BCUT2D eigenvalue weighted by Gasteiger charge is -2.39. The largest absolute Gasteiger partial charge is 0.480 e. The third-order valence-electron chi connectivity index (χ3n) is 4.63. The molecule has 1 aromatic rings. The van der Waals surface area contributed by atoms with Crippen LogP contribution in [0.15, 0.2) is 24.3 Å². The van der Waals surface area contributed by atoms with Gasteiger partial charge in [0.15, 0.2) is 0 Å². The second kappa shape index (κ2) is 4.39. The van der Waals surface area contributed by atoms with Crippen LogP contribution in [0.3, 0.4) is 0 Å². The van der Waals surface area contributed by atoms with Crippen molar-refractivity contribution < 1.29 is 9.90 Å². The number of likely N-dealkylation sites (tertiary alicyclic amines) is 1. The summed E-state index contributed by atoms with van der Waals surface area (Å²) in [5, 5.41) is 8.84. The van der Waals surface area contributed by atoms with Crippen LogP contribution in [0.5, 0.6) is 0 Å². The second-order valence-electron chi connectivity index (χ2n) is 5.61. The molecule has 0 bridgehead atoms. The van der Waals surface area contributed by atoms with Gasteiger partial charge in [0, 0.05) is 0 Å².